The molecule has 1 aliphatic heterocycles. The summed E-state index contributed by atoms with van der Waals surface area (Å²) in [5.41, 5.74) is 4.28. The molecular formula is C18H15BrN4. The maximum atomic E-state index is 4.64. The van der Waals surface area contributed by atoms with Gasteiger partial charge in [0.1, 0.15) is 5.69 Å². The number of H-pyrrole nitrogens is 1. The average Bonchev–Trinajstić information content (AvgIpc) is 3.01. The van der Waals surface area contributed by atoms with Crippen LogP contribution in [0.3, 0.4) is 0 Å². The molecule has 0 aliphatic carbocycles. The Balaban J connectivity index is 1.53. The number of fused-ring (bicyclic) bond motifs is 1. The van der Waals surface area contributed by atoms with Gasteiger partial charge in [0.05, 0.1) is 17.9 Å². The van der Waals surface area contributed by atoms with Crippen LogP contribution >= 0.6 is 15.9 Å². The molecule has 3 heterocycles. The van der Waals surface area contributed by atoms with Crippen molar-refractivity contribution < 1.29 is 0 Å². The summed E-state index contributed by atoms with van der Waals surface area (Å²) in [5.74, 6) is 0.825. The normalized spacial score (nSPS) is 13.2. The summed E-state index contributed by atoms with van der Waals surface area (Å²) in [6, 6.07) is 14.3. The Morgan fingerprint density at radius 2 is 2.00 bits per heavy atom. The summed E-state index contributed by atoms with van der Waals surface area (Å²) in [6.07, 6.45) is 5.95. The highest BCUT2D eigenvalue weighted by Crippen LogP contribution is 2.23. The van der Waals surface area contributed by atoms with E-state index < -0.39 is 0 Å². The number of aromatic nitrogens is 3. The number of aromatic amines is 1. The van der Waals surface area contributed by atoms with Crippen LogP contribution in [0, 0.1) is 0 Å². The number of imidazole rings is 1. The van der Waals surface area contributed by atoms with Crippen LogP contribution in [0.1, 0.15) is 17.0 Å². The largest absolute Gasteiger partial charge is 0.367 e. The van der Waals surface area contributed by atoms with Crippen LogP contribution in [0.25, 0.3) is 17.6 Å². The lowest BCUT2D eigenvalue weighted by molar-refractivity contribution is 0.355. The Morgan fingerprint density at radius 1 is 1.13 bits per heavy atom. The zero-order chi connectivity index (χ0) is 15.6. The quantitative estimate of drug-likeness (QED) is 0.754. The smallest absolute Gasteiger partial charge is 0.156 e. The van der Waals surface area contributed by atoms with Crippen molar-refractivity contribution in [2.45, 2.75) is 13.1 Å². The van der Waals surface area contributed by atoms with Crippen molar-refractivity contribution >= 4 is 22.0 Å². The maximum Gasteiger partial charge on any atom is 0.156 e. The van der Waals surface area contributed by atoms with Gasteiger partial charge in [0, 0.05) is 23.4 Å². The van der Waals surface area contributed by atoms with E-state index in [1.165, 1.54) is 5.56 Å². The molecule has 4 nitrogen and oxygen atoms in total. The Bertz CT molecular complexity index is 837. The first-order valence-electron chi connectivity index (χ1n) is 7.45. The number of hydrogen-bond acceptors (Lipinski definition) is 3. The molecule has 0 unspecified atom stereocenters. The van der Waals surface area contributed by atoms with Gasteiger partial charge >= 0.3 is 0 Å². The van der Waals surface area contributed by atoms with E-state index in [0.29, 0.717) is 0 Å². The average molecular weight is 367 g/mol. The Kier molecular flexibility index (Phi) is 3.71. The first-order chi connectivity index (χ1) is 11.3. The molecule has 0 spiro atoms. The van der Waals surface area contributed by atoms with Gasteiger partial charge in [-0.15, -0.1) is 0 Å². The number of nitrogens with one attached hydrogen (secondary N) is 1. The number of nitrogens with zero attached hydrogens (tertiary/aromatic N) is 3. The van der Waals surface area contributed by atoms with Gasteiger partial charge in [0.2, 0.25) is 0 Å². The Morgan fingerprint density at radius 3 is 2.78 bits per heavy atom. The van der Waals surface area contributed by atoms with E-state index >= 15 is 0 Å². The number of hydrogen-bond donors (Lipinski definition) is 1. The van der Waals surface area contributed by atoms with Crippen molar-refractivity contribution in [3.63, 3.8) is 0 Å². The molecule has 0 fully saturated rings. The third-order valence-electron chi connectivity index (χ3n) is 3.82. The van der Waals surface area contributed by atoms with Crippen molar-refractivity contribution in [2.75, 3.05) is 0 Å². The number of benzene rings is 1. The summed E-state index contributed by atoms with van der Waals surface area (Å²) >= 11 is 3.47. The molecule has 3 aromatic rings. The minimum atomic E-state index is 0.821. The van der Waals surface area contributed by atoms with Crippen LogP contribution in [0.4, 0.5) is 0 Å². The third kappa shape index (κ3) is 3.05. The fraction of sp³-hybridized carbons (Fsp3) is 0.111. The Labute approximate surface area is 143 Å². The molecule has 23 heavy (non-hydrogen) atoms. The van der Waals surface area contributed by atoms with E-state index in [1.807, 2.05) is 18.2 Å². The van der Waals surface area contributed by atoms with Crippen molar-refractivity contribution in [3.05, 3.63) is 76.3 Å². The molecule has 5 heteroatoms. The standard InChI is InChI=1S/C18H15BrN4/c19-14-6-4-13(5-7-14)11-23-10-8-15-17(12-23)22-18(21-15)16-3-1-2-9-20-16/h1-10H,11-12H2,(H,21,22). The zero-order valence-corrected chi connectivity index (χ0v) is 14.0. The van der Waals surface area contributed by atoms with Crippen LogP contribution in [-0.4, -0.2) is 19.9 Å². The topological polar surface area (TPSA) is 44.8 Å². The van der Waals surface area contributed by atoms with Gasteiger partial charge < -0.3 is 9.88 Å². The van der Waals surface area contributed by atoms with Gasteiger partial charge in [-0.25, -0.2) is 4.98 Å². The first-order valence-corrected chi connectivity index (χ1v) is 8.24. The SMILES string of the molecule is Brc1ccc(CN2C=Cc3nc(-c4ccccn4)[nH]c3C2)cc1. The van der Waals surface area contributed by atoms with Gasteiger partial charge in [-0.2, -0.15) is 0 Å². The molecular weight excluding hydrogens is 352 g/mol. The van der Waals surface area contributed by atoms with E-state index in [2.05, 4.69) is 72.3 Å². The lowest BCUT2D eigenvalue weighted by atomic mass is 10.2. The lowest BCUT2D eigenvalue weighted by Gasteiger charge is -2.23. The van der Waals surface area contributed by atoms with Crippen LogP contribution in [0.2, 0.25) is 0 Å². The van der Waals surface area contributed by atoms with E-state index in [0.717, 1.165) is 40.5 Å². The number of rotatable bonds is 3. The van der Waals surface area contributed by atoms with Gasteiger partial charge in [-0.3, -0.25) is 4.98 Å². The molecule has 1 N–H and O–H groups in total. The van der Waals surface area contributed by atoms with E-state index in [4.69, 9.17) is 0 Å². The minimum Gasteiger partial charge on any atom is -0.367 e. The second-order valence-electron chi connectivity index (χ2n) is 5.51. The monoisotopic (exact) mass is 366 g/mol. The van der Waals surface area contributed by atoms with E-state index in [-0.39, 0.29) is 0 Å². The first kappa shape index (κ1) is 14.2. The second-order valence-corrected chi connectivity index (χ2v) is 6.43. The third-order valence-corrected chi connectivity index (χ3v) is 4.35. The predicted molar refractivity (Wildman–Crippen MR) is 94.2 cm³/mol. The van der Waals surface area contributed by atoms with Crippen LogP contribution in [-0.2, 0) is 13.1 Å². The second kappa shape index (κ2) is 6.01. The highest BCUT2D eigenvalue weighted by molar-refractivity contribution is 9.10. The number of pyridine rings is 1. The Hall–Kier alpha value is -2.40. The van der Waals surface area contributed by atoms with Gasteiger partial charge in [-0.05, 0) is 35.9 Å². The van der Waals surface area contributed by atoms with Gasteiger partial charge in [-0.1, -0.05) is 34.1 Å². The molecule has 1 aromatic carbocycles. The van der Waals surface area contributed by atoms with E-state index in [1.54, 1.807) is 6.20 Å². The summed E-state index contributed by atoms with van der Waals surface area (Å²) in [6.45, 7) is 1.70. The molecule has 0 saturated carbocycles. The maximum absolute atomic E-state index is 4.64. The molecule has 0 saturated heterocycles. The van der Waals surface area contributed by atoms with E-state index in [9.17, 15) is 0 Å². The molecule has 0 amide bonds. The van der Waals surface area contributed by atoms with Crippen LogP contribution in [0.15, 0.2) is 59.3 Å². The lowest BCUT2D eigenvalue weighted by Crippen LogP contribution is -2.19. The fourth-order valence-electron chi connectivity index (χ4n) is 2.67. The molecule has 1 aliphatic rings. The highest BCUT2D eigenvalue weighted by atomic mass is 79.9. The summed E-state index contributed by atoms with van der Waals surface area (Å²) < 4.78 is 1.10. The van der Waals surface area contributed by atoms with Crippen LogP contribution < -0.4 is 0 Å². The molecule has 0 atom stereocenters. The summed E-state index contributed by atoms with van der Waals surface area (Å²) in [7, 11) is 0. The highest BCUT2D eigenvalue weighted by Gasteiger charge is 2.16. The molecule has 2 aromatic heterocycles. The van der Waals surface area contributed by atoms with Gasteiger partial charge in [0.15, 0.2) is 5.82 Å². The van der Waals surface area contributed by atoms with Crippen molar-refractivity contribution in [1.29, 1.82) is 0 Å². The van der Waals surface area contributed by atoms with Crippen molar-refractivity contribution in [3.8, 4) is 11.5 Å². The predicted octanol–water partition coefficient (Wildman–Crippen LogP) is 4.22. The number of halogens is 1. The summed E-state index contributed by atoms with van der Waals surface area (Å²) in [5, 5.41) is 0. The van der Waals surface area contributed by atoms with Crippen LogP contribution in [0.5, 0.6) is 0 Å². The van der Waals surface area contributed by atoms with Crippen molar-refractivity contribution in [1.82, 2.24) is 19.9 Å². The van der Waals surface area contributed by atoms with Crippen molar-refractivity contribution in [2.24, 2.45) is 0 Å². The summed E-state index contributed by atoms with van der Waals surface area (Å²) in [4.78, 5) is 14.7. The zero-order valence-electron chi connectivity index (χ0n) is 12.4. The molecule has 0 radical (unpaired) electrons. The fourth-order valence-corrected chi connectivity index (χ4v) is 2.93. The molecule has 4 rings (SSSR count). The van der Waals surface area contributed by atoms with Gasteiger partial charge in [0.25, 0.3) is 0 Å². The molecule has 114 valence electrons. The molecule has 0 bridgehead atoms. The minimum absolute atomic E-state index is 0.821.